The Morgan fingerprint density at radius 2 is 2.18 bits per heavy atom. The van der Waals surface area contributed by atoms with Gasteiger partial charge in [0, 0.05) is 11.6 Å². The summed E-state index contributed by atoms with van der Waals surface area (Å²) in [5, 5.41) is 0.796. The molecule has 94 valence electrons. The molecule has 2 N–H and O–H groups in total. The van der Waals surface area contributed by atoms with E-state index in [-0.39, 0.29) is 0 Å². The molecule has 0 amide bonds. The van der Waals surface area contributed by atoms with Crippen LogP contribution in [-0.2, 0) is 6.54 Å². The summed E-state index contributed by atoms with van der Waals surface area (Å²) in [5.41, 5.74) is 6.70. The predicted octanol–water partition coefficient (Wildman–Crippen LogP) is 3.23. The van der Waals surface area contributed by atoms with E-state index in [2.05, 4.69) is 18.0 Å². The van der Waals surface area contributed by atoms with Crippen molar-refractivity contribution in [3.8, 4) is 0 Å². The number of benzene rings is 1. The summed E-state index contributed by atoms with van der Waals surface area (Å²) in [6, 6.07) is 7.98. The Morgan fingerprint density at radius 1 is 1.41 bits per heavy atom. The van der Waals surface area contributed by atoms with Gasteiger partial charge in [-0.2, -0.15) is 0 Å². The molecule has 0 fully saturated rings. The van der Waals surface area contributed by atoms with Crippen LogP contribution < -0.4 is 5.73 Å². The topological polar surface area (TPSA) is 29.3 Å². The Hall–Kier alpha value is -0.640. The Balaban J connectivity index is 2.25. The molecule has 0 bridgehead atoms. The van der Waals surface area contributed by atoms with Crippen LogP contribution in [0.5, 0.6) is 0 Å². The Morgan fingerprint density at radius 3 is 2.82 bits per heavy atom. The van der Waals surface area contributed by atoms with Crippen molar-refractivity contribution in [3.63, 3.8) is 0 Å². The van der Waals surface area contributed by atoms with E-state index in [4.69, 9.17) is 29.6 Å². The smallest absolute Gasteiger partial charge is 0.0727 e. The molecule has 0 saturated carbocycles. The van der Waals surface area contributed by atoms with Crippen LogP contribution in [0.2, 0.25) is 5.02 Å². The van der Waals surface area contributed by atoms with Gasteiger partial charge in [-0.3, -0.25) is 0 Å². The summed E-state index contributed by atoms with van der Waals surface area (Å²) in [7, 11) is 2.11. The van der Waals surface area contributed by atoms with Crippen LogP contribution in [0, 0.1) is 0 Å². The first-order chi connectivity index (χ1) is 8.08. The summed E-state index contributed by atoms with van der Waals surface area (Å²) in [4.78, 5) is 2.90. The van der Waals surface area contributed by atoms with Crippen LogP contribution >= 0.6 is 23.8 Å². The molecule has 0 atom stereocenters. The summed E-state index contributed by atoms with van der Waals surface area (Å²) >= 11 is 10.8. The van der Waals surface area contributed by atoms with Crippen LogP contribution in [0.4, 0.5) is 0 Å². The maximum Gasteiger partial charge on any atom is 0.0727 e. The number of hydrogen-bond acceptors (Lipinski definition) is 2. The van der Waals surface area contributed by atoms with Gasteiger partial charge in [-0.05, 0) is 50.6 Å². The standard InChI is InChI=1S/C13H19ClN2S/c1-16(8-3-2-7-13(15)17)10-11-5-4-6-12(14)9-11/h4-6,9H,2-3,7-8,10H2,1H3,(H2,15,17). The number of nitrogens with zero attached hydrogens (tertiary/aromatic N) is 1. The summed E-state index contributed by atoms with van der Waals surface area (Å²) in [6.45, 7) is 1.97. The fraction of sp³-hybridized carbons (Fsp3) is 0.462. The van der Waals surface area contributed by atoms with E-state index in [1.807, 2.05) is 18.2 Å². The van der Waals surface area contributed by atoms with E-state index in [0.717, 1.165) is 37.4 Å². The van der Waals surface area contributed by atoms with Gasteiger partial charge in [0.25, 0.3) is 0 Å². The number of thiocarbonyl (C=S) groups is 1. The molecule has 1 aromatic carbocycles. The molecule has 0 unspecified atom stereocenters. The molecule has 17 heavy (non-hydrogen) atoms. The lowest BCUT2D eigenvalue weighted by molar-refractivity contribution is 0.319. The second kappa shape index (κ2) is 7.64. The van der Waals surface area contributed by atoms with Gasteiger partial charge in [0.05, 0.1) is 4.99 Å². The fourth-order valence-corrected chi connectivity index (χ4v) is 2.06. The zero-order valence-corrected chi connectivity index (χ0v) is 11.7. The zero-order chi connectivity index (χ0) is 12.7. The maximum absolute atomic E-state index is 5.94. The Labute approximate surface area is 114 Å². The lowest BCUT2D eigenvalue weighted by atomic mass is 10.2. The molecule has 0 heterocycles. The first-order valence-electron chi connectivity index (χ1n) is 5.79. The van der Waals surface area contributed by atoms with Crippen molar-refractivity contribution in [1.29, 1.82) is 0 Å². The average Bonchev–Trinajstić information content (AvgIpc) is 2.24. The molecule has 0 radical (unpaired) electrons. The monoisotopic (exact) mass is 270 g/mol. The van der Waals surface area contributed by atoms with Crippen molar-refractivity contribution in [3.05, 3.63) is 34.9 Å². The lowest BCUT2D eigenvalue weighted by Crippen LogP contribution is -2.19. The fourth-order valence-electron chi connectivity index (χ4n) is 1.71. The molecule has 4 heteroatoms. The van der Waals surface area contributed by atoms with E-state index >= 15 is 0 Å². The highest BCUT2D eigenvalue weighted by molar-refractivity contribution is 7.80. The van der Waals surface area contributed by atoms with Crippen molar-refractivity contribution in [2.45, 2.75) is 25.8 Å². The molecule has 0 spiro atoms. The number of halogens is 1. The van der Waals surface area contributed by atoms with E-state index in [0.29, 0.717) is 4.99 Å². The third kappa shape index (κ3) is 6.61. The van der Waals surface area contributed by atoms with Gasteiger partial charge in [0.2, 0.25) is 0 Å². The van der Waals surface area contributed by atoms with Gasteiger partial charge in [-0.15, -0.1) is 0 Å². The van der Waals surface area contributed by atoms with E-state index in [1.54, 1.807) is 0 Å². The zero-order valence-electron chi connectivity index (χ0n) is 10.2. The molecule has 0 aliphatic carbocycles. The lowest BCUT2D eigenvalue weighted by Gasteiger charge is -2.16. The molecule has 1 aromatic rings. The molecular formula is C13H19ClN2S. The highest BCUT2D eigenvalue weighted by atomic mass is 35.5. The molecule has 0 aliphatic rings. The highest BCUT2D eigenvalue weighted by Gasteiger charge is 2.01. The summed E-state index contributed by atoms with van der Waals surface area (Å²) in [5.74, 6) is 0. The number of unbranched alkanes of at least 4 members (excludes halogenated alkanes) is 1. The summed E-state index contributed by atoms with van der Waals surface area (Å²) in [6.07, 6.45) is 3.03. The predicted molar refractivity (Wildman–Crippen MR) is 78.4 cm³/mol. The van der Waals surface area contributed by atoms with Crippen molar-refractivity contribution < 1.29 is 0 Å². The first-order valence-corrected chi connectivity index (χ1v) is 6.58. The largest absolute Gasteiger partial charge is 0.393 e. The maximum atomic E-state index is 5.94. The minimum atomic E-state index is 0.613. The number of rotatable bonds is 7. The van der Waals surface area contributed by atoms with Crippen molar-refractivity contribution >= 4 is 28.8 Å². The van der Waals surface area contributed by atoms with Crippen LogP contribution in [0.25, 0.3) is 0 Å². The third-order valence-electron chi connectivity index (χ3n) is 2.55. The minimum absolute atomic E-state index is 0.613. The SMILES string of the molecule is CN(CCCCC(N)=S)Cc1cccc(Cl)c1. The van der Waals surface area contributed by atoms with Crippen molar-refractivity contribution in [1.82, 2.24) is 4.90 Å². The normalized spacial score (nSPS) is 10.8. The van der Waals surface area contributed by atoms with Crippen molar-refractivity contribution in [2.24, 2.45) is 5.73 Å². The third-order valence-corrected chi connectivity index (χ3v) is 2.99. The molecule has 0 saturated heterocycles. The first kappa shape index (κ1) is 14.4. The second-order valence-corrected chi connectivity index (χ2v) is 5.25. The molecule has 0 aliphatic heterocycles. The van der Waals surface area contributed by atoms with Gasteiger partial charge in [0.15, 0.2) is 0 Å². The second-order valence-electron chi connectivity index (χ2n) is 4.29. The average molecular weight is 271 g/mol. The summed E-state index contributed by atoms with van der Waals surface area (Å²) < 4.78 is 0. The van der Waals surface area contributed by atoms with Gasteiger partial charge < -0.3 is 10.6 Å². The van der Waals surface area contributed by atoms with E-state index in [1.165, 1.54) is 5.56 Å². The molecule has 2 nitrogen and oxygen atoms in total. The van der Waals surface area contributed by atoms with Gasteiger partial charge in [-0.1, -0.05) is 36.0 Å². The van der Waals surface area contributed by atoms with E-state index in [9.17, 15) is 0 Å². The van der Waals surface area contributed by atoms with Crippen LogP contribution in [0.15, 0.2) is 24.3 Å². The molecular weight excluding hydrogens is 252 g/mol. The van der Waals surface area contributed by atoms with Crippen LogP contribution in [0.3, 0.4) is 0 Å². The van der Waals surface area contributed by atoms with Crippen LogP contribution in [0.1, 0.15) is 24.8 Å². The van der Waals surface area contributed by atoms with Gasteiger partial charge in [-0.25, -0.2) is 0 Å². The quantitative estimate of drug-likeness (QED) is 0.609. The highest BCUT2D eigenvalue weighted by Crippen LogP contribution is 2.12. The number of nitrogens with two attached hydrogens (primary N) is 1. The van der Waals surface area contributed by atoms with Gasteiger partial charge in [0.1, 0.15) is 0 Å². The van der Waals surface area contributed by atoms with E-state index < -0.39 is 0 Å². The Kier molecular flexibility index (Phi) is 6.48. The number of hydrogen-bond donors (Lipinski definition) is 1. The van der Waals surface area contributed by atoms with Crippen molar-refractivity contribution in [2.75, 3.05) is 13.6 Å². The van der Waals surface area contributed by atoms with Crippen LogP contribution in [-0.4, -0.2) is 23.5 Å². The van der Waals surface area contributed by atoms with Gasteiger partial charge >= 0.3 is 0 Å². The Bertz CT molecular complexity index is 368. The molecule has 1 rings (SSSR count). The minimum Gasteiger partial charge on any atom is -0.393 e. The molecule has 0 aromatic heterocycles.